The first-order chi connectivity index (χ1) is 9.31. The summed E-state index contributed by atoms with van der Waals surface area (Å²) in [7, 11) is -1.87. The van der Waals surface area contributed by atoms with Crippen LogP contribution in [-0.4, -0.2) is 18.2 Å². The molecule has 1 N–H and O–H groups in total. The second kappa shape index (κ2) is 5.55. The number of sulfonamides is 1. The van der Waals surface area contributed by atoms with Crippen LogP contribution in [0.5, 0.6) is 0 Å². The van der Waals surface area contributed by atoms with Gasteiger partial charge in [-0.2, -0.15) is 5.10 Å². The number of nitrogens with zero attached hydrogens (tertiary/aromatic N) is 2. The van der Waals surface area contributed by atoms with Gasteiger partial charge in [0.1, 0.15) is 4.90 Å². The smallest absolute Gasteiger partial charge is 0.244 e. The van der Waals surface area contributed by atoms with Gasteiger partial charge in [-0.25, -0.2) is 13.1 Å². The van der Waals surface area contributed by atoms with E-state index in [4.69, 9.17) is 11.6 Å². The van der Waals surface area contributed by atoms with Gasteiger partial charge in [0.15, 0.2) is 0 Å². The van der Waals surface area contributed by atoms with E-state index in [1.165, 1.54) is 0 Å². The Balaban J connectivity index is 2.24. The van der Waals surface area contributed by atoms with Crippen LogP contribution in [0.4, 0.5) is 0 Å². The normalized spacial score (nSPS) is 11.8. The third-order valence-corrected chi connectivity index (χ3v) is 4.95. The zero-order valence-corrected chi connectivity index (χ0v) is 13.1. The molecule has 2 aromatic rings. The van der Waals surface area contributed by atoms with Crippen LogP contribution in [0.3, 0.4) is 0 Å². The van der Waals surface area contributed by atoms with Crippen LogP contribution in [0.2, 0.25) is 5.02 Å². The van der Waals surface area contributed by atoms with Crippen LogP contribution in [0.15, 0.2) is 29.2 Å². The lowest BCUT2D eigenvalue weighted by Gasteiger charge is -2.07. The highest BCUT2D eigenvalue weighted by molar-refractivity contribution is 7.89. The van der Waals surface area contributed by atoms with Crippen molar-refractivity contribution >= 4 is 21.6 Å². The Hall–Kier alpha value is -1.37. The predicted molar refractivity (Wildman–Crippen MR) is 78.2 cm³/mol. The largest absolute Gasteiger partial charge is 0.271 e. The van der Waals surface area contributed by atoms with E-state index in [-0.39, 0.29) is 11.4 Å². The third-order valence-electron chi connectivity index (χ3n) is 3.07. The second-order valence-electron chi connectivity index (χ2n) is 4.58. The van der Waals surface area contributed by atoms with Crippen molar-refractivity contribution in [2.45, 2.75) is 25.3 Å². The SMILES string of the molecule is Cc1nn(C)c(C)c1S(=O)(=O)NCc1cccc(Cl)c1. The van der Waals surface area contributed by atoms with Gasteiger partial charge in [0.05, 0.1) is 11.4 Å². The first kappa shape index (κ1) is 15.0. The number of hydrogen-bond donors (Lipinski definition) is 1. The van der Waals surface area contributed by atoms with Gasteiger partial charge in [0.2, 0.25) is 10.0 Å². The molecule has 0 atom stereocenters. The van der Waals surface area contributed by atoms with E-state index in [1.54, 1.807) is 43.8 Å². The Morgan fingerprint density at radius 2 is 2.05 bits per heavy atom. The summed E-state index contributed by atoms with van der Waals surface area (Å²) in [6.07, 6.45) is 0. The monoisotopic (exact) mass is 313 g/mol. The molecule has 0 amide bonds. The molecule has 20 heavy (non-hydrogen) atoms. The highest BCUT2D eigenvalue weighted by Gasteiger charge is 2.23. The quantitative estimate of drug-likeness (QED) is 0.941. The van der Waals surface area contributed by atoms with E-state index in [9.17, 15) is 8.42 Å². The van der Waals surface area contributed by atoms with Crippen molar-refractivity contribution in [3.63, 3.8) is 0 Å². The van der Waals surface area contributed by atoms with Crippen LogP contribution in [0.1, 0.15) is 17.0 Å². The summed E-state index contributed by atoms with van der Waals surface area (Å²) in [5.41, 5.74) is 1.91. The topological polar surface area (TPSA) is 64.0 Å². The molecule has 7 heteroatoms. The molecule has 0 aliphatic rings. The number of aryl methyl sites for hydroxylation is 2. The molecule has 1 aromatic heterocycles. The molecule has 0 saturated heterocycles. The molecule has 0 bridgehead atoms. The fraction of sp³-hybridized carbons (Fsp3) is 0.308. The highest BCUT2D eigenvalue weighted by atomic mass is 35.5. The Kier molecular flexibility index (Phi) is 4.17. The molecule has 0 saturated carbocycles. The van der Waals surface area contributed by atoms with Gasteiger partial charge in [-0.3, -0.25) is 4.68 Å². The minimum atomic E-state index is -3.59. The first-order valence-corrected chi connectivity index (χ1v) is 7.91. The summed E-state index contributed by atoms with van der Waals surface area (Å²) in [6, 6.07) is 7.08. The van der Waals surface area contributed by atoms with Gasteiger partial charge < -0.3 is 0 Å². The van der Waals surface area contributed by atoms with Crippen LogP contribution >= 0.6 is 11.6 Å². The van der Waals surface area contributed by atoms with E-state index >= 15 is 0 Å². The minimum absolute atomic E-state index is 0.191. The Bertz CT molecular complexity index is 738. The molecule has 1 aromatic carbocycles. The Morgan fingerprint density at radius 1 is 1.35 bits per heavy atom. The van der Waals surface area contributed by atoms with Crippen molar-refractivity contribution in [2.75, 3.05) is 0 Å². The maximum Gasteiger partial charge on any atom is 0.244 e. The van der Waals surface area contributed by atoms with E-state index in [1.807, 2.05) is 6.07 Å². The van der Waals surface area contributed by atoms with Crippen LogP contribution in [-0.2, 0) is 23.6 Å². The molecule has 0 unspecified atom stereocenters. The fourth-order valence-electron chi connectivity index (χ4n) is 2.04. The molecular weight excluding hydrogens is 298 g/mol. The third kappa shape index (κ3) is 3.03. The minimum Gasteiger partial charge on any atom is -0.271 e. The average Bonchev–Trinajstić information content (AvgIpc) is 2.61. The van der Waals surface area contributed by atoms with Crippen LogP contribution in [0.25, 0.3) is 0 Å². The average molecular weight is 314 g/mol. The molecule has 0 fully saturated rings. The van der Waals surface area contributed by atoms with Crippen molar-refractivity contribution < 1.29 is 8.42 Å². The van der Waals surface area contributed by atoms with Crippen molar-refractivity contribution in [3.05, 3.63) is 46.2 Å². The van der Waals surface area contributed by atoms with Gasteiger partial charge >= 0.3 is 0 Å². The van der Waals surface area contributed by atoms with E-state index in [0.717, 1.165) is 5.56 Å². The van der Waals surface area contributed by atoms with Gasteiger partial charge in [0.25, 0.3) is 0 Å². The number of benzene rings is 1. The van der Waals surface area contributed by atoms with Gasteiger partial charge in [0, 0.05) is 18.6 Å². The predicted octanol–water partition coefficient (Wildman–Crippen LogP) is 2.17. The molecule has 0 aliphatic carbocycles. The zero-order valence-electron chi connectivity index (χ0n) is 11.5. The number of hydrogen-bond acceptors (Lipinski definition) is 3. The molecular formula is C13H16ClN3O2S. The number of rotatable bonds is 4. The first-order valence-electron chi connectivity index (χ1n) is 6.05. The van der Waals surface area contributed by atoms with Crippen molar-refractivity contribution in [1.82, 2.24) is 14.5 Å². The maximum atomic E-state index is 12.3. The maximum absolute atomic E-state index is 12.3. The van der Waals surface area contributed by atoms with Crippen LogP contribution < -0.4 is 4.72 Å². The lowest BCUT2D eigenvalue weighted by Crippen LogP contribution is -2.24. The second-order valence-corrected chi connectivity index (χ2v) is 6.72. The summed E-state index contributed by atoms with van der Waals surface area (Å²) in [5.74, 6) is 0. The molecule has 0 aliphatic heterocycles. The van der Waals surface area contributed by atoms with E-state index < -0.39 is 10.0 Å². The van der Waals surface area contributed by atoms with Crippen LogP contribution in [0, 0.1) is 13.8 Å². The number of halogens is 1. The molecule has 1 heterocycles. The van der Waals surface area contributed by atoms with Gasteiger partial charge in [-0.1, -0.05) is 23.7 Å². The molecule has 5 nitrogen and oxygen atoms in total. The summed E-state index contributed by atoms with van der Waals surface area (Å²) in [5, 5.41) is 4.70. The Labute approximate surface area is 123 Å². The van der Waals surface area contributed by atoms with E-state index in [2.05, 4.69) is 9.82 Å². The summed E-state index contributed by atoms with van der Waals surface area (Å²) < 4.78 is 28.8. The van der Waals surface area contributed by atoms with Crippen molar-refractivity contribution in [3.8, 4) is 0 Å². The zero-order chi connectivity index (χ0) is 14.9. The van der Waals surface area contributed by atoms with Crippen molar-refractivity contribution in [1.29, 1.82) is 0 Å². The van der Waals surface area contributed by atoms with Gasteiger partial charge in [-0.05, 0) is 31.5 Å². The van der Waals surface area contributed by atoms with E-state index in [0.29, 0.717) is 16.4 Å². The molecule has 108 valence electrons. The summed E-state index contributed by atoms with van der Waals surface area (Å²) >= 11 is 5.88. The standard InChI is InChI=1S/C13H16ClN3O2S/c1-9-13(10(2)17(3)16-9)20(18,19)15-8-11-5-4-6-12(14)7-11/h4-7,15H,8H2,1-3H3. The lowest BCUT2D eigenvalue weighted by atomic mass is 10.2. The Morgan fingerprint density at radius 3 is 2.60 bits per heavy atom. The van der Waals surface area contributed by atoms with Gasteiger partial charge in [-0.15, -0.1) is 0 Å². The summed E-state index contributed by atoms with van der Waals surface area (Å²) in [6.45, 7) is 3.60. The highest BCUT2D eigenvalue weighted by Crippen LogP contribution is 2.19. The fourth-order valence-corrected chi connectivity index (χ4v) is 3.71. The molecule has 0 radical (unpaired) electrons. The van der Waals surface area contributed by atoms with Crippen molar-refractivity contribution in [2.24, 2.45) is 7.05 Å². The lowest BCUT2D eigenvalue weighted by molar-refractivity contribution is 0.579. The number of nitrogens with one attached hydrogen (secondary N) is 1. The molecule has 2 rings (SSSR count). The molecule has 0 spiro atoms. The number of aromatic nitrogens is 2. The summed E-state index contributed by atoms with van der Waals surface area (Å²) in [4.78, 5) is 0.238.